The molecule has 0 saturated carbocycles. The first-order chi connectivity index (χ1) is 12.2. The van der Waals surface area contributed by atoms with Gasteiger partial charge < -0.3 is 14.5 Å². The predicted molar refractivity (Wildman–Crippen MR) is 102 cm³/mol. The molecule has 1 amide bonds. The molecular formula is C20H23ClN2O2. The van der Waals surface area contributed by atoms with Crippen LogP contribution in [-0.2, 0) is 11.2 Å². The Morgan fingerprint density at radius 2 is 1.72 bits per heavy atom. The van der Waals surface area contributed by atoms with E-state index in [0.717, 1.165) is 30.1 Å². The molecule has 2 aromatic carbocycles. The number of piperazine rings is 1. The number of halogens is 1. The van der Waals surface area contributed by atoms with Gasteiger partial charge >= 0.3 is 0 Å². The minimum Gasteiger partial charge on any atom is -0.492 e. The Hall–Kier alpha value is -2.20. The van der Waals surface area contributed by atoms with E-state index >= 15 is 0 Å². The second-order valence-corrected chi connectivity index (χ2v) is 6.44. The fraction of sp³-hybridized carbons (Fsp3) is 0.350. The SMILES string of the molecule is CCOc1ccccc1N1CCN(C(=O)Cc2ccccc2Cl)CC1. The second-order valence-electron chi connectivity index (χ2n) is 6.04. The summed E-state index contributed by atoms with van der Waals surface area (Å²) in [5.41, 5.74) is 1.99. The summed E-state index contributed by atoms with van der Waals surface area (Å²) >= 11 is 6.16. The number of anilines is 1. The minimum absolute atomic E-state index is 0.130. The summed E-state index contributed by atoms with van der Waals surface area (Å²) in [5, 5.41) is 0.653. The fourth-order valence-corrected chi connectivity index (χ4v) is 3.31. The van der Waals surface area contributed by atoms with E-state index in [-0.39, 0.29) is 5.91 Å². The van der Waals surface area contributed by atoms with Gasteiger partial charge in [-0.3, -0.25) is 4.79 Å². The maximum absolute atomic E-state index is 12.6. The maximum atomic E-state index is 12.6. The highest BCUT2D eigenvalue weighted by atomic mass is 35.5. The second kappa shape index (κ2) is 8.26. The summed E-state index contributed by atoms with van der Waals surface area (Å²) in [5.74, 6) is 1.03. The lowest BCUT2D eigenvalue weighted by Gasteiger charge is -2.36. The van der Waals surface area contributed by atoms with Crippen LogP contribution in [0.25, 0.3) is 0 Å². The lowest BCUT2D eigenvalue weighted by atomic mass is 10.1. The maximum Gasteiger partial charge on any atom is 0.227 e. The Balaban J connectivity index is 1.60. The van der Waals surface area contributed by atoms with Gasteiger partial charge in [0.2, 0.25) is 5.91 Å². The van der Waals surface area contributed by atoms with Crippen LogP contribution >= 0.6 is 11.6 Å². The van der Waals surface area contributed by atoms with Gasteiger partial charge in [0.1, 0.15) is 5.75 Å². The molecule has 0 spiro atoms. The zero-order chi connectivity index (χ0) is 17.6. The summed E-state index contributed by atoms with van der Waals surface area (Å²) in [6.07, 6.45) is 0.356. The summed E-state index contributed by atoms with van der Waals surface area (Å²) in [6, 6.07) is 15.6. The molecule has 4 nitrogen and oxygen atoms in total. The van der Waals surface area contributed by atoms with E-state index < -0.39 is 0 Å². The van der Waals surface area contributed by atoms with Gasteiger partial charge in [0, 0.05) is 31.2 Å². The van der Waals surface area contributed by atoms with Gasteiger partial charge in [0.05, 0.1) is 18.7 Å². The summed E-state index contributed by atoms with van der Waals surface area (Å²) in [6.45, 7) is 5.67. The standard InChI is InChI=1S/C20H23ClN2O2/c1-2-25-19-10-6-5-9-18(19)22-11-13-23(14-12-22)20(24)15-16-7-3-4-8-17(16)21/h3-10H,2,11-15H2,1H3. The Morgan fingerprint density at radius 1 is 1.04 bits per heavy atom. The average Bonchev–Trinajstić information content (AvgIpc) is 2.64. The van der Waals surface area contributed by atoms with Gasteiger partial charge in [0.15, 0.2) is 0 Å². The van der Waals surface area contributed by atoms with Crippen molar-refractivity contribution in [1.29, 1.82) is 0 Å². The summed E-state index contributed by atoms with van der Waals surface area (Å²) in [4.78, 5) is 16.8. The van der Waals surface area contributed by atoms with Crippen LogP contribution in [0.15, 0.2) is 48.5 Å². The van der Waals surface area contributed by atoms with Crippen LogP contribution < -0.4 is 9.64 Å². The highest BCUT2D eigenvalue weighted by Gasteiger charge is 2.23. The van der Waals surface area contributed by atoms with Gasteiger partial charge in [-0.15, -0.1) is 0 Å². The number of amides is 1. The number of carbonyl (C=O) groups excluding carboxylic acids is 1. The third kappa shape index (κ3) is 4.26. The molecule has 0 atom stereocenters. The lowest BCUT2D eigenvalue weighted by molar-refractivity contribution is -0.130. The third-order valence-electron chi connectivity index (χ3n) is 4.44. The van der Waals surface area contributed by atoms with Crippen molar-refractivity contribution in [2.45, 2.75) is 13.3 Å². The molecule has 1 aliphatic rings. The first-order valence-corrected chi connectivity index (χ1v) is 9.04. The molecule has 0 N–H and O–H groups in total. The topological polar surface area (TPSA) is 32.8 Å². The number of benzene rings is 2. The van der Waals surface area contributed by atoms with E-state index in [1.165, 1.54) is 0 Å². The molecule has 0 aromatic heterocycles. The lowest BCUT2D eigenvalue weighted by Crippen LogP contribution is -2.49. The molecule has 5 heteroatoms. The number of rotatable bonds is 5. The van der Waals surface area contributed by atoms with E-state index in [9.17, 15) is 4.79 Å². The van der Waals surface area contributed by atoms with Crippen LogP contribution in [-0.4, -0.2) is 43.6 Å². The van der Waals surface area contributed by atoms with E-state index in [4.69, 9.17) is 16.3 Å². The van der Waals surface area contributed by atoms with Crippen molar-refractivity contribution >= 4 is 23.2 Å². The van der Waals surface area contributed by atoms with Crippen molar-refractivity contribution in [3.05, 3.63) is 59.1 Å². The summed E-state index contributed by atoms with van der Waals surface area (Å²) < 4.78 is 5.72. The highest BCUT2D eigenvalue weighted by Crippen LogP contribution is 2.29. The Kier molecular flexibility index (Phi) is 5.82. The molecule has 1 fully saturated rings. The molecule has 2 aromatic rings. The molecular weight excluding hydrogens is 336 g/mol. The number of para-hydroxylation sites is 2. The van der Waals surface area contributed by atoms with Gasteiger partial charge in [0.25, 0.3) is 0 Å². The van der Waals surface area contributed by atoms with Gasteiger partial charge in [-0.05, 0) is 30.7 Å². The van der Waals surface area contributed by atoms with Crippen LogP contribution in [0.2, 0.25) is 5.02 Å². The third-order valence-corrected chi connectivity index (χ3v) is 4.81. The smallest absolute Gasteiger partial charge is 0.227 e. The number of hydrogen-bond donors (Lipinski definition) is 0. The van der Waals surface area contributed by atoms with Crippen LogP contribution in [0.5, 0.6) is 5.75 Å². The van der Waals surface area contributed by atoms with E-state index in [1.54, 1.807) is 0 Å². The van der Waals surface area contributed by atoms with Crippen LogP contribution in [0.4, 0.5) is 5.69 Å². The van der Waals surface area contributed by atoms with Crippen LogP contribution in [0, 0.1) is 0 Å². The molecule has 1 saturated heterocycles. The number of hydrogen-bond acceptors (Lipinski definition) is 3. The van der Waals surface area contributed by atoms with Crippen molar-refractivity contribution in [3.63, 3.8) is 0 Å². The molecule has 0 bridgehead atoms. The van der Waals surface area contributed by atoms with Crippen molar-refractivity contribution < 1.29 is 9.53 Å². The normalized spacial score (nSPS) is 14.5. The van der Waals surface area contributed by atoms with Crippen LogP contribution in [0.1, 0.15) is 12.5 Å². The minimum atomic E-state index is 0.130. The van der Waals surface area contributed by atoms with Crippen molar-refractivity contribution in [2.75, 3.05) is 37.7 Å². The monoisotopic (exact) mass is 358 g/mol. The first-order valence-electron chi connectivity index (χ1n) is 8.67. The summed E-state index contributed by atoms with van der Waals surface area (Å²) in [7, 11) is 0. The largest absolute Gasteiger partial charge is 0.492 e. The van der Waals surface area contributed by atoms with Crippen molar-refractivity contribution in [1.82, 2.24) is 4.90 Å². The molecule has 0 unspecified atom stereocenters. The first kappa shape index (κ1) is 17.6. The van der Waals surface area contributed by atoms with E-state index in [1.807, 2.05) is 54.3 Å². The highest BCUT2D eigenvalue weighted by molar-refractivity contribution is 6.31. The number of ether oxygens (including phenoxy) is 1. The molecule has 3 rings (SSSR count). The Labute approximate surface area is 154 Å². The molecule has 25 heavy (non-hydrogen) atoms. The number of nitrogens with zero attached hydrogens (tertiary/aromatic N) is 2. The average molecular weight is 359 g/mol. The molecule has 1 aliphatic heterocycles. The Morgan fingerprint density at radius 3 is 2.44 bits per heavy atom. The number of carbonyl (C=O) groups is 1. The van der Waals surface area contributed by atoms with Gasteiger partial charge in [-0.25, -0.2) is 0 Å². The van der Waals surface area contributed by atoms with E-state index in [2.05, 4.69) is 11.0 Å². The zero-order valence-electron chi connectivity index (χ0n) is 14.5. The Bertz CT molecular complexity index is 727. The van der Waals surface area contributed by atoms with Crippen LogP contribution in [0.3, 0.4) is 0 Å². The van der Waals surface area contributed by atoms with E-state index in [0.29, 0.717) is 31.1 Å². The van der Waals surface area contributed by atoms with Gasteiger partial charge in [-0.2, -0.15) is 0 Å². The van der Waals surface area contributed by atoms with Crippen molar-refractivity contribution in [3.8, 4) is 5.75 Å². The zero-order valence-corrected chi connectivity index (χ0v) is 15.2. The van der Waals surface area contributed by atoms with Crippen molar-refractivity contribution in [2.24, 2.45) is 0 Å². The molecule has 0 aliphatic carbocycles. The molecule has 0 radical (unpaired) electrons. The predicted octanol–water partition coefficient (Wildman–Crippen LogP) is 3.63. The molecule has 132 valence electrons. The molecule has 1 heterocycles. The van der Waals surface area contributed by atoms with Gasteiger partial charge in [-0.1, -0.05) is 41.9 Å². The fourth-order valence-electron chi connectivity index (χ4n) is 3.11. The quantitative estimate of drug-likeness (QED) is 0.818.